The number of hydrogen-bond donors (Lipinski definition) is 2. The first-order valence-corrected chi connectivity index (χ1v) is 7.17. The van der Waals surface area contributed by atoms with E-state index < -0.39 is 10.2 Å². The number of anilines is 2. The summed E-state index contributed by atoms with van der Waals surface area (Å²) >= 11 is 0. The number of nitrogens with two attached hydrogens (primary N) is 2. The molecule has 0 aliphatic heterocycles. The standard InChI is InChI=1S/C13H15N3O2S/c14-12-8-6-11(7-9-12)10-16(19(15,17)18)13-4-2-1-3-5-13/h1-9H,10,14H2,(H2,15,17,18). The van der Waals surface area contributed by atoms with Crippen molar-refractivity contribution in [1.82, 2.24) is 0 Å². The highest BCUT2D eigenvalue weighted by atomic mass is 32.2. The Kier molecular flexibility index (Phi) is 3.73. The van der Waals surface area contributed by atoms with Crippen molar-refractivity contribution in [2.75, 3.05) is 10.0 Å². The van der Waals surface area contributed by atoms with Gasteiger partial charge in [0.25, 0.3) is 10.2 Å². The molecule has 0 radical (unpaired) electrons. The van der Waals surface area contributed by atoms with Crippen LogP contribution in [-0.4, -0.2) is 8.42 Å². The Morgan fingerprint density at radius 1 is 0.947 bits per heavy atom. The zero-order valence-corrected chi connectivity index (χ0v) is 11.0. The summed E-state index contributed by atoms with van der Waals surface area (Å²) < 4.78 is 24.5. The summed E-state index contributed by atoms with van der Waals surface area (Å²) in [5.74, 6) is 0. The van der Waals surface area contributed by atoms with Crippen LogP contribution in [0.2, 0.25) is 0 Å². The molecule has 0 heterocycles. The Labute approximate surface area is 112 Å². The highest BCUT2D eigenvalue weighted by molar-refractivity contribution is 7.90. The van der Waals surface area contributed by atoms with E-state index in [4.69, 9.17) is 10.9 Å². The molecule has 4 N–H and O–H groups in total. The van der Waals surface area contributed by atoms with Crippen molar-refractivity contribution in [2.24, 2.45) is 5.14 Å². The average Bonchev–Trinajstić information content (AvgIpc) is 2.37. The lowest BCUT2D eigenvalue weighted by Crippen LogP contribution is -2.36. The van der Waals surface area contributed by atoms with E-state index in [2.05, 4.69) is 0 Å². The molecule has 0 spiro atoms. The molecule has 0 saturated heterocycles. The molecular formula is C13H15N3O2S. The lowest BCUT2D eigenvalue weighted by atomic mass is 10.2. The smallest absolute Gasteiger partial charge is 0.299 e. The van der Waals surface area contributed by atoms with Gasteiger partial charge in [-0.15, -0.1) is 0 Å². The molecule has 0 aliphatic carbocycles. The highest BCUT2D eigenvalue weighted by Gasteiger charge is 2.17. The molecular weight excluding hydrogens is 262 g/mol. The van der Waals surface area contributed by atoms with Gasteiger partial charge in [0, 0.05) is 5.69 Å². The van der Waals surface area contributed by atoms with Crippen LogP contribution in [0.1, 0.15) is 5.56 Å². The van der Waals surface area contributed by atoms with Crippen molar-refractivity contribution < 1.29 is 8.42 Å². The fraction of sp³-hybridized carbons (Fsp3) is 0.0769. The van der Waals surface area contributed by atoms with Crippen molar-refractivity contribution in [3.05, 3.63) is 60.2 Å². The molecule has 0 amide bonds. The summed E-state index contributed by atoms with van der Waals surface area (Å²) in [6.07, 6.45) is 0. The summed E-state index contributed by atoms with van der Waals surface area (Å²) in [5.41, 5.74) is 7.57. The molecule has 0 aromatic heterocycles. The monoisotopic (exact) mass is 277 g/mol. The summed E-state index contributed by atoms with van der Waals surface area (Å²) in [6.45, 7) is 0.170. The Balaban J connectivity index is 2.33. The number of hydrogen-bond acceptors (Lipinski definition) is 3. The van der Waals surface area contributed by atoms with E-state index in [0.29, 0.717) is 11.4 Å². The van der Waals surface area contributed by atoms with Crippen LogP contribution >= 0.6 is 0 Å². The third-order valence-electron chi connectivity index (χ3n) is 2.66. The first-order chi connectivity index (χ1) is 8.97. The van der Waals surface area contributed by atoms with Gasteiger partial charge < -0.3 is 5.73 Å². The summed E-state index contributed by atoms with van der Waals surface area (Å²) in [6, 6.07) is 15.7. The lowest BCUT2D eigenvalue weighted by molar-refractivity contribution is 0.592. The van der Waals surface area contributed by atoms with Crippen LogP contribution in [0.4, 0.5) is 11.4 Å². The van der Waals surface area contributed by atoms with Crippen molar-refractivity contribution >= 4 is 21.6 Å². The maximum atomic E-state index is 11.7. The maximum absolute atomic E-state index is 11.7. The molecule has 19 heavy (non-hydrogen) atoms. The van der Waals surface area contributed by atoms with Crippen LogP contribution < -0.4 is 15.2 Å². The molecule has 2 aromatic rings. The van der Waals surface area contributed by atoms with Crippen molar-refractivity contribution in [3.63, 3.8) is 0 Å². The largest absolute Gasteiger partial charge is 0.399 e. The van der Waals surface area contributed by atoms with Gasteiger partial charge in [-0.25, -0.2) is 5.14 Å². The van der Waals surface area contributed by atoms with Crippen molar-refractivity contribution in [3.8, 4) is 0 Å². The van der Waals surface area contributed by atoms with E-state index in [1.807, 2.05) is 6.07 Å². The molecule has 100 valence electrons. The predicted molar refractivity (Wildman–Crippen MR) is 76.6 cm³/mol. The van der Waals surface area contributed by atoms with Gasteiger partial charge in [0.2, 0.25) is 0 Å². The summed E-state index contributed by atoms with van der Waals surface area (Å²) in [7, 11) is -3.82. The van der Waals surface area contributed by atoms with Crippen LogP contribution in [0.25, 0.3) is 0 Å². The van der Waals surface area contributed by atoms with E-state index in [9.17, 15) is 8.42 Å². The second-order valence-corrected chi connectivity index (χ2v) is 5.60. The lowest BCUT2D eigenvalue weighted by Gasteiger charge is -2.21. The van der Waals surface area contributed by atoms with Gasteiger partial charge in [0.15, 0.2) is 0 Å². The number of nitrogens with zero attached hydrogens (tertiary/aromatic N) is 1. The van der Waals surface area contributed by atoms with Crippen molar-refractivity contribution in [1.29, 1.82) is 0 Å². The number of nitrogen functional groups attached to an aromatic ring is 1. The maximum Gasteiger partial charge on any atom is 0.299 e. The van der Waals surface area contributed by atoms with Gasteiger partial charge in [0.05, 0.1) is 12.2 Å². The number of rotatable bonds is 4. The zero-order valence-electron chi connectivity index (χ0n) is 10.2. The third kappa shape index (κ3) is 3.46. The van der Waals surface area contributed by atoms with Gasteiger partial charge in [0.1, 0.15) is 0 Å². The van der Waals surface area contributed by atoms with Crippen LogP contribution in [-0.2, 0) is 16.8 Å². The van der Waals surface area contributed by atoms with E-state index >= 15 is 0 Å². The third-order valence-corrected chi connectivity index (χ3v) is 3.61. The Hall–Kier alpha value is -2.05. The van der Waals surface area contributed by atoms with E-state index in [0.717, 1.165) is 9.87 Å². The van der Waals surface area contributed by atoms with E-state index in [1.54, 1.807) is 48.5 Å². The van der Waals surface area contributed by atoms with Gasteiger partial charge in [-0.1, -0.05) is 30.3 Å². The first kappa shape index (κ1) is 13.4. The minimum Gasteiger partial charge on any atom is -0.399 e. The van der Waals surface area contributed by atoms with Gasteiger partial charge >= 0.3 is 0 Å². The Morgan fingerprint density at radius 3 is 2.05 bits per heavy atom. The molecule has 2 rings (SSSR count). The Bertz CT molecular complexity index is 639. The minimum atomic E-state index is -3.82. The summed E-state index contributed by atoms with van der Waals surface area (Å²) in [4.78, 5) is 0. The fourth-order valence-corrected chi connectivity index (χ4v) is 2.46. The Morgan fingerprint density at radius 2 is 1.53 bits per heavy atom. The molecule has 0 bridgehead atoms. The second kappa shape index (κ2) is 5.29. The molecule has 2 aromatic carbocycles. The fourth-order valence-electron chi connectivity index (χ4n) is 1.71. The molecule has 5 nitrogen and oxygen atoms in total. The number of para-hydroxylation sites is 1. The minimum absolute atomic E-state index is 0.170. The second-order valence-electron chi connectivity index (χ2n) is 4.13. The van der Waals surface area contributed by atoms with Crippen LogP contribution in [0.15, 0.2) is 54.6 Å². The van der Waals surface area contributed by atoms with Gasteiger partial charge in [-0.2, -0.15) is 8.42 Å². The molecule has 0 aliphatic rings. The zero-order chi connectivity index (χ0) is 13.9. The van der Waals surface area contributed by atoms with Crippen LogP contribution in [0, 0.1) is 0 Å². The van der Waals surface area contributed by atoms with E-state index in [1.165, 1.54) is 0 Å². The van der Waals surface area contributed by atoms with Crippen molar-refractivity contribution in [2.45, 2.75) is 6.54 Å². The average molecular weight is 277 g/mol. The molecule has 0 fully saturated rings. The molecule has 0 atom stereocenters. The molecule has 0 unspecified atom stereocenters. The quantitative estimate of drug-likeness (QED) is 0.829. The number of benzene rings is 2. The molecule has 0 saturated carbocycles. The summed E-state index contributed by atoms with van der Waals surface area (Å²) in [5, 5.41) is 5.26. The SMILES string of the molecule is Nc1ccc(CN(c2ccccc2)S(N)(=O)=O)cc1. The molecule has 6 heteroatoms. The first-order valence-electron chi connectivity index (χ1n) is 5.67. The normalized spacial score (nSPS) is 11.2. The predicted octanol–water partition coefficient (Wildman–Crippen LogP) is 1.48. The van der Waals surface area contributed by atoms with E-state index in [-0.39, 0.29) is 6.54 Å². The van der Waals surface area contributed by atoms with Gasteiger partial charge in [-0.05, 0) is 29.8 Å². The van der Waals surface area contributed by atoms with Gasteiger partial charge in [-0.3, -0.25) is 4.31 Å². The highest BCUT2D eigenvalue weighted by Crippen LogP contribution is 2.19. The topological polar surface area (TPSA) is 89.4 Å². The van der Waals surface area contributed by atoms with Crippen LogP contribution in [0.5, 0.6) is 0 Å². The van der Waals surface area contributed by atoms with Crippen LogP contribution in [0.3, 0.4) is 0 Å².